The third-order valence-corrected chi connectivity index (χ3v) is 5.90. The van der Waals surface area contributed by atoms with Gasteiger partial charge in [0.25, 0.3) is 0 Å². The van der Waals surface area contributed by atoms with Crippen LogP contribution < -0.4 is 5.73 Å². The molecular formula is C19H17ClN4OS. The van der Waals surface area contributed by atoms with E-state index in [-0.39, 0.29) is 17.7 Å². The molecule has 26 heavy (non-hydrogen) atoms. The normalized spacial score (nSPS) is 18.7. The van der Waals surface area contributed by atoms with Gasteiger partial charge in [0, 0.05) is 24.7 Å². The second-order valence-electron chi connectivity index (χ2n) is 6.40. The monoisotopic (exact) mass is 384 g/mol. The Morgan fingerprint density at radius 1 is 1.23 bits per heavy atom. The molecule has 1 aromatic carbocycles. The van der Waals surface area contributed by atoms with Gasteiger partial charge in [-0.2, -0.15) is 0 Å². The maximum atomic E-state index is 11.3. The van der Waals surface area contributed by atoms with E-state index in [0.717, 1.165) is 33.3 Å². The molecule has 1 saturated carbocycles. The molecule has 0 aliphatic heterocycles. The van der Waals surface area contributed by atoms with E-state index in [1.807, 2.05) is 35.9 Å². The largest absolute Gasteiger partial charge is 0.369 e. The second kappa shape index (κ2) is 6.78. The van der Waals surface area contributed by atoms with Crippen molar-refractivity contribution < 1.29 is 4.79 Å². The van der Waals surface area contributed by atoms with Gasteiger partial charge in [0.2, 0.25) is 5.91 Å². The molecule has 4 rings (SSSR count). The van der Waals surface area contributed by atoms with Gasteiger partial charge in [-0.1, -0.05) is 35.9 Å². The van der Waals surface area contributed by atoms with E-state index in [1.54, 1.807) is 24.3 Å². The molecule has 7 heteroatoms. The molecular weight excluding hydrogens is 368 g/mol. The third-order valence-electron chi connectivity index (χ3n) is 4.55. The van der Waals surface area contributed by atoms with Crippen molar-refractivity contribution >= 4 is 29.3 Å². The van der Waals surface area contributed by atoms with Crippen LogP contribution >= 0.6 is 23.4 Å². The molecule has 3 aromatic rings. The van der Waals surface area contributed by atoms with Crippen LogP contribution in [0.2, 0.25) is 5.02 Å². The second-order valence-corrected chi connectivity index (χ2v) is 7.84. The topological polar surface area (TPSA) is 73.8 Å². The zero-order valence-corrected chi connectivity index (χ0v) is 15.7. The molecule has 2 heterocycles. The van der Waals surface area contributed by atoms with Crippen LogP contribution in [0.15, 0.2) is 59.0 Å². The van der Waals surface area contributed by atoms with E-state index in [9.17, 15) is 4.79 Å². The number of hydrogen-bond donors (Lipinski definition) is 1. The number of nitrogens with two attached hydrogens (primary N) is 1. The van der Waals surface area contributed by atoms with Gasteiger partial charge < -0.3 is 10.3 Å². The fourth-order valence-electron chi connectivity index (χ4n) is 3.03. The molecule has 1 aliphatic rings. The SMILES string of the molecule is Cn1cnc(-c2ccc([C@H]3C[C@@H]3C(N)=O)cc2)c1Sc1ccc(Cl)cn1. The first-order valence-corrected chi connectivity index (χ1v) is 9.43. The first-order chi connectivity index (χ1) is 12.5. The number of hydrogen-bond acceptors (Lipinski definition) is 4. The van der Waals surface area contributed by atoms with E-state index >= 15 is 0 Å². The van der Waals surface area contributed by atoms with Crippen molar-refractivity contribution in [2.75, 3.05) is 0 Å². The Balaban J connectivity index is 1.58. The molecule has 0 radical (unpaired) electrons. The minimum absolute atomic E-state index is 0.0159. The van der Waals surface area contributed by atoms with Gasteiger partial charge in [-0.05, 0) is 41.8 Å². The van der Waals surface area contributed by atoms with Crippen LogP contribution in [0.4, 0.5) is 0 Å². The van der Waals surface area contributed by atoms with Crippen LogP contribution in [-0.4, -0.2) is 20.4 Å². The van der Waals surface area contributed by atoms with E-state index in [0.29, 0.717) is 5.02 Å². The number of pyridine rings is 1. The van der Waals surface area contributed by atoms with Crippen molar-refractivity contribution in [3.8, 4) is 11.3 Å². The lowest BCUT2D eigenvalue weighted by Crippen LogP contribution is -2.13. The maximum absolute atomic E-state index is 11.3. The molecule has 2 atom stereocenters. The highest BCUT2D eigenvalue weighted by Gasteiger charge is 2.42. The summed E-state index contributed by atoms with van der Waals surface area (Å²) in [6.07, 6.45) is 4.28. The minimum Gasteiger partial charge on any atom is -0.369 e. The van der Waals surface area contributed by atoms with Crippen LogP contribution in [0, 0.1) is 5.92 Å². The maximum Gasteiger partial charge on any atom is 0.221 e. The molecule has 5 nitrogen and oxygen atoms in total. The first-order valence-electron chi connectivity index (χ1n) is 8.23. The lowest BCUT2D eigenvalue weighted by Gasteiger charge is -2.07. The van der Waals surface area contributed by atoms with E-state index in [1.165, 1.54) is 0 Å². The minimum atomic E-state index is -0.210. The van der Waals surface area contributed by atoms with Crippen LogP contribution in [0.1, 0.15) is 17.9 Å². The molecule has 1 fully saturated rings. The van der Waals surface area contributed by atoms with Crippen molar-refractivity contribution in [3.05, 3.63) is 59.5 Å². The first kappa shape index (κ1) is 17.1. The number of nitrogens with zero attached hydrogens (tertiary/aromatic N) is 3. The standard InChI is InChI=1S/C19H17ClN4OS/c1-24-10-23-17(19(24)26-16-7-6-13(20)9-22-16)12-4-2-11(3-5-12)14-8-15(14)18(21)25/h2-7,9-10,14-15H,8H2,1H3,(H2,21,25)/t14-,15+/m1/s1. The summed E-state index contributed by atoms with van der Waals surface area (Å²) in [5, 5.41) is 2.48. The van der Waals surface area contributed by atoms with Crippen LogP contribution in [0.5, 0.6) is 0 Å². The number of primary amides is 1. The summed E-state index contributed by atoms with van der Waals surface area (Å²) in [6.45, 7) is 0. The molecule has 1 aliphatic carbocycles. The molecule has 0 unspecified atom stereocenters. The van der Waals surface area contributed by atoms with Crippen molar-refractivity contribution in [1.29, 1.82) is 0 Å². The fourth-order valence-corrected chi connectivity index (χ4v) is 4.03. The quantitative estimate of drug-likeness (QED) is 0.724. The summed E-state index contributed by atoms with van der Waals surface area (Å²) in [4.78, 5) is 20.2. The number of halogens is 1. The average Bonchev–Trinajstić information content (AvgIpc) is 3.37. The van der Waals surface area contributed by atoms with Crippen LogP contribution in [0.3, 0.4) is 0 Å². The fraction of sp³-hybridized carbons (Fsp3) is 0.211. The van der Waals surface area contributed by atoms with Gasteiger partial charge >= 0.3 is 0 Å². The summed E-state index contributed by atoms with van der Waals surface area (Å²) in [7, 11) is 1.96. The van der Waals surface area contributed by atoms with Gasteiger partial charge in [-0.15, -0.1) is 0 Å². The Labute approximate surface area is 160 Å². The zero-order valence-electron chi connectivity index (χ0n) is 14.1. The van der Waals surface area contributed by atoms with E-state index < -0.39 is 0 Å². The Bertz CT molecular complexity index is 953. The van der Waals surface area contributed by atoms with Crippen molar-refractivity contribution in [3.63, 3.8) is 0 Å². The van der Waals surface area contributed by atoms with E-state index in [4.69, 9.17) is 17.3 Å². The molecule has 0 saturated heterocycles. The Morgan fingerprint density at radius 2 is 2.00 bits per heavy atom. The average molecular weight is 385 g/mol. The van der Waals surface area contributed by atoms with Gasteiger partial charge in [-0.3, -0.25) is 4.79 Å². The summed E-state index contributed by atoms with van der Waals surface area (Å²) >= 11 is 7.46. The summed E-state index contributed by atoms with van der Waals surface area (Å²) in [5.74, 6) is 0.0353. The highest BCUT2D eigenvalue weighted by molar-refractivity contribution is 7.99. The molecule has 2 aromatic heterocycles. The predicted molar refractivity (Wildman–Crippen MR) is 102 cm³/mol. The lowest BCUT2D eigenvalue weighted by atomic mass is 10.1. The molecule has 2 N–H and O–H groups in total. The summed E-state index contributed by atoms with van der Waals surface area (Å²) < 4.78 is 1.98. The van der Waals surface area contributed by atoms with Crippen molar-refractivity contribution in [2.45, 2.75) is 22.4 Å². The Hall–Kier alpha value is -2.31. The van der Waals surface area contributed by atoms with Gasteiger partial charge in [0.1, 0.15) is 15.7 Å². The van der Waals surface area contributed by atoms with Crippen molar-refractivity contribution in [2.24, 2.45) is 18.7 Å². The Morgan fingerprint density at radius 3 is 2.62 bits per heavy atom. The smallest absolute Gasteiger partial charge is 0.221 e. The van der Waals surface area contributed by atoms with Gasteiger partial charge in [-0.25, -0.2) is 9.97 Å². The Kier molecular flexibility index (Phi) is 4.46. The van der Waals surface area contributed by atoms with Crippen LogP contribution in [-0.2, 0) is 11.8 Å². The highest BCUT2D eigenvalue weighted by atomic mass is 35.5. The molecule has 0 bridgehead atoms. The number of carbonyl (C=O) groups excluding carboxylic acids is 1. The number of aryl methyl sites for hydroxylation is 1. The molecule has 1 amide bonds. The summed E-state index contributed by atoms with van der Waals surface area (Å²) in [5.41, 5.74) is 8.47. The number of benzene rings is 1. The van der Waals surface area contributed by atoms with E-state index in [2.05, 4.69) is 22.1 Å². The van der Waals surface area contributed by atoms with Crippen LogP contribution in [0.25, 0.3) is 11.3 Å². The lowest BCUT2D eigenvalue weighted by molar-refractivity contribution is -0.119. The number of amides is 1. The number of rotatable bonds is 5. The number of aromatic nitrogens is 3. The summed E-state index contributed by atoms with van der Waals surface area (Å²) in [6, 6.07) is 11.9. The molecule has 0 spiro atoms. The van der Waals surface area contributed by atoms with Crippen molar-refractivity contribution in [1.82, 2.24) is 14.5 Å². The molecule has 132 valence electrons. The third kappa shape index (κ3) is 3.34. The zero-order chi connectivity index (χ0) is 18.3. The highest BCUT2D eigenvalue weighted by Crippen LogP contribution is 2.47. The number of carbonyl (C=O) groups is 1. The van der Waals surface area contributed by atoms with Gasteiger partial charge in [0.05, 0.1) is 11.3 Å². The number of imidazole rings is 1. The predicted octanol–water partition coefficient (Wildman–Crippen LogP) is 3.88. The van der Waals surface area contributed by atoms with Gasteiger partial charge in [0.15, 0.2) is 0 Å².